The van der Waals surface area contributed by atoms with Crippen LogP contribution in [0.2, 0.25) is 0 Å². The number of thioether (sulfide) groups is 1. The Balaban J connectivity index is 2.84. The number of aryl methyl sites for hydroxylation is 1. The fraction of sp³-hybridized carbons (Fsp3) is 0.692. The van der Waals surface area contributed by atoms with Crippen molar-refractivity contribution in [1.29, 1.82) is 0 Å². The Labute approximate surface area is 109 Å². The molecule has 0 bridgehead atoms. The SMILES string of the molecule is CCc1c(C)nc(CSC(C)CC)nc1NC. The fourth-order valence-corrected chi connectivity index (χ4v) is 2.48. The van der Waals surface area contributed by atoms with E-state index in [1.54, 1.807) is 0 Å². The van der Waals surface area contributed by atoms with Gasteiger partial charge in [-0.05, 0) is 19.8 Å². The molecule has 0 aliphatic rings. The van der Waals surface area contributed by atoms with Crippen LogP contribution in [0.15, 0.2) is 0 Å². The van der Waals surface area contributed by atoms with E-state index in [0.717, 1.165) is 29.5 Å². The summed E-state index contributed by atoms with van der Waals surface area (Å²) in [5.74, 6) is 2.82. The van der Waals surface area contributed by atoms with Gasteiger partial charge in [0.05, 0.1) is 5.75 Å². The van der Waals surface area contributed by atoms with Crippen molar-refractivity contribution in [2.75, 3.05) is 12.4 Å². The molecule has 0 aliphatic heterocycles. The third-order valence-corrected chi connectivity index (χ3v) is 4.25. The van der Waals surface area contributed by atoms with Crippen molar-refractivity contribution in [3.8, 4) is 0 Å². The van der Waals surface area contributed by atoms with E-state index in [1.807, 2.05) is 18.8 Å². The molecule has 1 aromatic rings. The van der Waals surface area contributed by atoms with Gasteiger partial charge in [0.2, 0.25) is 0 Å². The number of hydrogen-bond donors (Lipinski definition) is 1. The molecule has 0 spiro atoms. The van der Waals surface area contributed by atoms with Crippen LogP contribution in [0.5, 0.6) is 0 Å². The second kappa shape index (κ2) is 6.84. The highest BCUT2D eigenvalue weighted by molar-refractivity contribution is 7.99. The predicted molar refractivity (Wildman–Crippen MR) is 76.7 cm³/mol. The van der Waals surface area contributed by atoms with Crippen molar-refractivity contribution in [3.63, 3.8) is 0 Å². The molecule has 0 radical (unpaired) electrons. The molecule has 0 fully saturated rings. The molecule has 0 aromatic carbocycles. The standard InChI is InChI=1S/C13H23N3S/c1-6-9(3)17-8-12-15-10(4)11(7-2)13(14-5)16-12/h9H,6-8H2,1-5H3,(H,14,15,16). The Morgan fingerprint density at radius 1 is 1.29 bits per heavy atom. The first-order chi connectivity index (χ1) is 8.12. The van der Waals surface area contributed by atoms with Gasteiger partial charge in [-0.3, -0.25) is 0 Å². The first-order valence-electron chi connectivity index (χ1n) is 6.28. The average molecular weight is 253 g/mol. The van der Waals surface area contributed by atoms with Crippen LogP contribution in [0.3, 0.4) is 0 Å². The van der Waals surface area contributed by atoms with Crippen LogP contribution in [-0.2, 0) is 12.2 Å². The Hall–Kier alpha value is -0.770. The average Bonchev–Trinajstić information content (AvgIpc) is 2.34. The smallest absolute Gasteiger partial charge is 0.140 e. The molecule has 1 aromatic heterocycles. The van der Waals surface area contributed by atoms with Crippen LogP contribution in [-0.4, -0.2) is 22.3 Å². The molecule has 0 aliphatic carbocycles. The molecule has 0 saturated heterocycles. The van der Waals surface area contributed by atoms with Gasteiger partial charge in [-0.1, -0.05) is 20.8 Å². The molecule has 0 saturated carbocycles. The monoisotopic (exact) mass is 253 g/mol. The molecule has 1 heterocycles. The van der Waals surface area contributed by atoms with Gasteiger partial charge < -0.3 is 5.32 Å². The zero-order valence-electron chi connectivity index (χ0n) is 11.5. The van der Waals surface area contributed by atoms with Crippen LogP contribution in [0.1, 0.15) is 44.3 Å². The lowest BCUT2D eigenvalue weighted by atomic mass is 10.1. The first kappa shape index (κ1) is 14.3. The second-order valence-corrected chi connectivity index (χ2v) is 5.61. The second-order valence-electron chi connectivity index (χ2n) is 4.19. The van der Waals surface area contributed by atoms with Gasteiger partial charge in [0, 0.05) is 23.6 Å². The molecule has 96 valence electrons. The lowest BCUT2D eigenvalue weighted by Crippen LogP contribution is -2.07. The quantitative estimate of drug-likeness (QED) is 0.843. The number of hydrogen-bond acceptors (Lipinski definition) is 4. The number of aromatic nitrogens is 2. The third kappa shape index (κ3) is 3.87. The minimum atomic E-state index is 0.669. The lowest BCUT2D eigenvalue weighted by molar-refractivity contribution is 0.896. The van der Waals surface area contributed by atoms with Gasteiger partial charge in [-0.15, -0.1) is 0 Å². The van der Waals surface area contributed by atoms with Crippen LogP contribution >= 0.6 is 11.8 Å². The minimum Gasteiger partial charge on any atom is -0.373 e. The van der Waals surface area contributed by atoms with E-state index in [-0.39, 0.29) is 0 Å². The van der Waals surface area contributed by atoms with Crippen molar-refractivity contribution in [3.05, 3.63) is 17.1 Å². The highest BCUT2D eigenvalue weighted by Gasteiger charge is 2.10. The highest BCUT2D eigenvalue weighted by atomic mass is 32.2. The van der Waals surface area contributed by atoms with Crippen LogP contribution < -0.4 is 5.32 Å². The fourth-order valence-electron chi connectivity index (χ4n) is 1.68. The van der Waals surface area contributed by atoms with Crippen molar-refractivity contribution in [1.82, 2.24) is 9.97 Å². The summed E-state index contributed by atoms with van der Waals surface area (Å²) in [6.07, 6.45) is 2.16. The van der Waals surface area contributed by atoms with Crippen LogP contribution in [0.25, 0.3) is 0 Å². The summed E-state index contributed by atoms with van der Waals surface area (Å²) >= 11 is 1.92. The maximum Gasteiger partial charge on any atom is 0.140 e. The van der Waals surface area contributed by atoms with Gasteiger partial charge in [-0.2, -0.15) is 11.8 Å². The highest BCUT2D eigenvalue weighted by Crippen LogP contribution is 2.21. The Kier molecular flexibility index (Phi) is 5.75. The normalized spacial score (nSPS) is 12.5. The van der Waals surface area contributed by atoms with Crippen LogP contribution in [0, 0.1) is 6.92 Å². The van der Waals surface area contributed by atoms with Gasteiger partial charge in [0.1, 0.15) is 11.6 Å². The van der Waals surface area contributed by atoms with E-state index in [1.165, 1.54) is 12.0 Å². The molecule has 17 heavy (non-hydrogen) atoms. The summed E-state index contributed by atoms with van der Waals surface area (Å²) in [6, 6.07) is 0. The molecule has 1 atom stereocenters. The van der Waals surface area contributed by atoms with Crippen molar-refractivity contribution in [2.45, 2.75) is 51.5 Å². The Morgan fingerprint density at radius 3 is 2.53 bits per heavy atom. The molecule has 1 N–H and O–H groups in total. The topological polar surface area (TPSA) is 37.8 Å². The van der Waals surface area contributed by atoms with Gasteiger partial charge in [-0.25, -0.2) is 9.97 Å². The largest absolute Gasteiger partial charge is 0.373 e. The van der Waals surface area contributed by atoms with Crippen molar-refractivity contribution < 1.29 is 0 Å². The number of anilines is 1. The van der Waals surface area contributed by atoms with Crippen molar-refractivity contribution >= 4 is 17.6 Å². The predicted octanol–water partition coefficient (Wildman–Crippen LogP) is 3.42. The molecule has 0 amide bonds. The molecule has 4 heteroatoms. The number of nitrogens with one attached hydrogen (secondary N) is 1. The van der Waals surface area contributed by atoms with Crippen molar-refractivity contribution in [2.24, 2.45) is 0 Å². The number of nitrogens with zero attached hydrogens (tertiary/aromatic N) is 2. The van der Waals surface area contributed by atoms with E-state index >= 15 is 0 Å². The zero-order valence-corrected chi connectivity index (χ0v) is 12.3. The zero-order chi connectivity index (χ0) is 12.8. The molecule has 1 rings (SSSR count). The van der Waals surface area contributed by atoms with E-state index < -0.39 is 0 Å². The van der Waals surface area contributed by atoms with E-state index in [0.29, 0.717) is 5.25 Å². The van der Waals surface area contributed by atoms with E-state index in [4.69, 9.17) is 0 Å². The third-order valence-electron chi connectivity index (χ3n) is 2.92. The summed E-state index contributed by atoms with van der Waals surface area (Å²) in [6.45, 7) is 8.67. The number of rotatable bonds is 6. The van der Waals surface area contributed by atoms with Crippen LogP contribution in [0.4, 0.5) is 5.82 Å². The van der Waals surface area contributed by atoms with Gasteiger partial charge in [0.25, 0.3) is 0 Å². The molecule has 3 nitrogen and oxygen atoms in total. The van der Waals surface area contributed by atoms with Gasteiger partial charge >= 0.3 is 0 Å². The van der Waals surface area contributed by atoms with Gasteiger partial charge in [0.15, 0.2) is 0 Å². The molecular weight excluding hydrogens is 230 g/mol. The first-order valence-corrected chi connectivity index (χ1v) is 7.32. The van der Waals surface area contributed by atoms with E-state index in [9.17, 15) is 0 Å². The summed E-state index contributed by atoms with van der Waals surface area (Å²) in [4.78, 5) is 9.17. The maximum atomic E-state index is 4.59. The Bertz CT molecular complexity index is 366. The summed E-state index contributed by atoms with van der Waals surface area (Å²) < 4.78 is 0. The lowest BCUT2D eigenvalue weighted by Gasteiger charge is -2.12. The minimum absolute atomic E-state index is 0.669. The molecule has 1 unspecified atom stereocenters. The summed E-state index contributed by atoms with van der Waals surface area (Å²) in [5, 5.41) is 3.84. The summed E-state index contributed by atoms with van der Waals surface area (Å²) in [5.41, 5.74) is 2.33. The molecular formula is C13H23N3S. The Morgan fingerprint density at radius 2 is 2.00 bits per heavy atom. The maximum absolute atomic E-state index is 4.59. The summed E-state index contributed by atoms with van der Waals surface area (Å²) in [7, 11) is 1.92. The van der Waals surface area contributed by atoms with E-state index in [2.05, 4.69) is 43.0 Å².